The lowest BCUT2D eigenvalue weighted by Gasteiger charge is -2.35. The number of piperidine rings is 1. The van der Waals surface area contributed by atoms with Crippen LogP contribution in [-0.4, -0.2) is 48.4 Å². The third-order valence-electron chi connectivity index (χ3n) is 6.15. The van der Waals surface area contributed by atoms with Gasteiger partial charge in [0.05, 0.1) is 15.6 Å². The summed E-state index contributed by atoms with van der Waals surface area (Å²) in [7, 11) is 1.91. The molecule has 1 unspecified atom stereocenters. The van der Waals surface area contributed by atoms with Crippen LogP contribution in [0.5, 0.6) is 0 Å². The Labute approximate surface area is 167 Å². The molecule has 3 rings (SSSR count). The molecule has 2 fully saturated rings. The summed E-state index contributed by atoms with van der Waals surface area (Å²) in [5, 5.41) is 0.793. The smallest absolute Gasteiger partial charge is 0.255 e. The van der Waals surface area contributed by atoms with Crippen molar-refractivity contribution in [3.63, 3.8) is 0 Å². The summed E-state index contributed by atoms with van der Waals surface area (Å²) in [4.78, 5) is 17.4. The predicted molar refractivity (Wildman–Crippen MR) is 109 cm³/mol. The average Bonchev–Trinajstić information content (AvgIpc) is 3.28. The van der Waals surface area contributed by atoms with E-state index in [0.29, 0.717) is 32.5 Å². The van der Waals surface area contributed by atoms with Gasteiger partial charge in [0.2, 0.25) is 0 Å². The third-order valence-corrected chi connectivity index (χ3v) is 6.97. The molecule has 0 N–H and O–H groups in total. The van der Waals surface area contributed by atoms with E-state index in [9.17, 15) is 4.79 Å². The molecule has 144 valence electrons. The molecule has 1 atom stereocenters. The Bertz CT molecular complexity index is 675. The molecule has 2 aliphatic rings. The zero-order chi connectivity index (χ0) is 19.1. The highest BCUT2D eigenvalue weighted by atomic mass is 35.5. The van der Waals surface area contributed by atoms with Gasteiger partial charge in [-0.15, -0.1) is 0 Å². The van der Waals surface area contributed by atoms with E-state index in [1.165, 1.54) is 25.8 Å². The average molecular weight is 397 g/mol. The highest BCUT2D eigenvalue weighted by molar-refractivity contribution is 6.43. The molecule has 0 bridgehead atoms. The van der Waals surface area contributed by atoms with E-state index >= 15 is 0 Å². The summed E-state index contributed by atoms with van der Waals surface area (Å²) in [6.45, 7) is 10.4. The number of benzene rings is 1. The normalized spacial score (nSPS) is 22.5. The van der Waals surface area contributed by atoms with E-state index in [1.54, 1.807) is 18.2 Å². The molecular weight excluding hydrogens is 367 g/mol. The minimum absolute atomic E-state index is 0.0189. The van der Waals surface area contributed by atoms with Crippen molar-refractivity contribution in [1.82, 2.24) is 9.80 Å². The van der Waals surface area contributed by atoms with Crippen LogP contribution in [0, 0.1) is 10.8 Å². The second-order valence-corrected chi connectivity index (χ2v) is 10.0. The summed E-state index contributed by atoms with van der Waals surface area (Å²) in [6, 6.07) is 5.59. The van der Waals surface area contributed by atoms with E-state index in [0.717, 1.165) is 19.5 Å². The van der Waals surface area contributed by atoms with E-state index in [2.05, 4.69) is 25.7 Å². The van der Waals surface area contributed by atoms with Crippen molar-refractivity contribution in [2.75, 3.05) is 26.7 Å². The van der Waals surface area contributed by atoms with Crippen LogP contribution in [0.3, 0.4) is 0 Å². The predicted octanol–water partition coefficient (Wildman–Crippen LogP) is 5.36. The SMILES string of the molecule is CN(C(=O)c1cccc(Cl)c1Cl)C1CC12CCN(CCC(C)(C)C)CC2. The van der Waals surface area contributed by atoms with Gasteiger partial charge in [-0.25, -0.2) is 0 Å². The van der Waals surface area contributed by atoms with Crippen LogP contribution in [0.15, 0.2) is 18.2 Å². The van der Waals surface area contributed by atoms with Crippen molar-refractivity contribution in [1.29, 1.82) is 0 Å². The molecule has 1 aromatic carbocycles. The molecule has 26 heavy (non-hydrogen) atoms. The fourth-order valence-electron chi connectivity index (χ4n) is 4.13. The topological polar surface area (TPSA) is 23.6 Å². The maximum atomic E-state index is 12.9. The maximum absolute atomic E-state index is 12.9. The number of likely N-dealkylation sites (tertiary alicyclic amines) is 1. The van der Waals surface area contributed by atoms with Gasteiger partial charge in [-0.3, -0.25) is 4.79 Å². The summed E-state index contributed by atoms with van der Waals surface area (Å²) >= 11 is 12.3. The lowest BCUT2D eigenvalue weighted by Crippen LogP contribution is -2.40. The number of rotatable bonds is 4. The first-order valence-electron chi connectivity index (χ1n) is 9.56. The van der Waals surface area contributed by atoms with Crippen LogP contribution in [0.1, 0.15) is 56.8 Å². The molecule has 1 aromatic rings. The number of carbonyl (C=O) groups is 1. The van der Waals surface area contributed by atoms with Crippen molar-refractivity contribution in [3.8, 4) is 0 Å². The Morgan fingerprint density at radius 1 is 1.27 bits per heavy atom. The molecule has 0 radical (unpaired) electrons. The zero-order valence-corrected chi connectivity index (χ0v) is 17.8. The minimum atomic E-state index is -0.0189. The number of hydrogen-bond acceptors (Lipinski definition) is 2. The molecular formula is C21H30Cl2N2O. The van der Waals surface area contributed by atoms with Gasteiger partial charge in [-0.2, -0.15) is 0 Å². The molecule has 0 aromatic heterocycles. The lowest BCUT2D eigenvalue weighted by atomic mass is 9.89. The fraction of sp³-hybridized carbons (Fsp3) is 0.667. The summed E-state index contributed by atoms with van der Waals surface area (Å²) in [5.41, 5.74) is 1.21. The van der Waals surface area contributed by atoms with E-state index in [-0.39, 0.29) is 5.91 Å². The van der Waals surface area contributed by atoms with Crippen LogP contribution in [-0.2, 0) is 0 Å². The molecule has 3 nitrogen and oxygen atoms in total. The molecule has 1 heterocycles. The standard InChI is InChI=1S/C21H30Cl2N2O/c1-20(2,3)8-11-25-12-9-21(10-13-25)14-17(21)24(4)19(26)15-6-5-7-16(22)18(15)23/h5-7,17H,8-14H2,1-4H3. The van der Waals surface area contributed by atoms with Crippen molar-refractivity contribution < 1.29 is 4.79 Å². The minimum Gasteiger partial charge on any atom is -0.338 e. The second-order valence-electron chi connectivity index (χ2n) is 9.25. The van der Waals surface area contributed by atoms with E-state index < -0.39 is 0 Å². The Balaban J connectivity index is 1.57. The number of amides is 1. The van der Waals surface area contributed by atoms with Gasteiger partial charge in [0.15, 0.2) is 0 Å². The van der Waals surface area contributed by atoms with Gasteiger partial charge in [-0.05, 0) is 68.3 Å². The zero-order valence-electron chi connectivity index (χ0n) is 16.3. The molecule has 1 amide bonds. The highest BCUT2D eigenvalue weighted by Crippen LogP contribution is 2.56. The van der Waals surface area contributed by atoms with Crippen LogP contribution < -0.4 is 0 Å². The second kappa shape index (κ2) is 7.33. The first-order chi connectivity index (χ1) is 12.1. The molecule has 5 heteroatoms. The van der Waals surface area contributed by atoms with Gasteiger partial charge < -0.3 is 9.80 Å². The molecule has 1 spiro atoms. The van der Waals surface area contributed by atoms with Gasteiger partial charge in [0.1, 0.15) is 0 Å². The molecule has 1 saturated heterocycles. The number of hydrogen-bond donors (Lipinski definition) is 0. The Hall–Kier alpha value is -0.770. The lowest BCUT2D eigenvalue weighted by molar-refractivity contribution is 0.0731. The number of carbonyl (C=O) groups excluding carboxylic acids is 1. The van der Waals surface area contributed by atoms with Crippen LogP contribution in [0.4, 0.5) is 0 Å². The number of halogens is 2. The van der Waals surface area contributed by atoms with Crippen molar-refractivity contribution in [2.24, 2.45) is 10.8 Å². The Morgan fingerprint density at radius 3 is 2.54 bits per heavy atom. The van der Waals surface area contributed by atoms with Crippen molar-refractivity contribution in [3.05, 3.63) is 33.8 Å². The van der Waals surface area contributed by atoms with Gasteiger partial charge in [0.25, 0.3) is 5.91 Å². The largest absolute Gasteiger partial charge is 0.338 e. The first kappa shape index (κ1) is 20.0. The Morgan fingerprint density at radius 2 is 1.92 bits per heavy atom. The molecule has 1 aliphatic carbocycles. The van der Waals surface area contributed by atoms with E-state index in [1.807, 2.05) is 11.9 Å². The first-order valence-corrected chi connectivity index (χ1v) is 10.3. The van der Waals surface area contributed by atoms with Gasteiger partial charge in [-0.1, -0.05) is 50.0 Å². The van der Waals surface area contributed by atoms with Crippen molar-refractivity contribution >= 4 is 29.1 Å². The summed E-state index contributed by atoms with van der Waals surface area (Å²) in [5.74, 6) is -0.0189. The van der Waals surface area contributed by atoms with E-state index in [4.69, 9.17) is 23.2 Å². The third kappa shape index (κ3) is 4.21. The van der Waals surface area contributed by atoms with Gasteiger partial charge >= 0.3 is 0 Å². The number of nitrogens with zero attached hydrogens (tertiary/aromatic N) is 2. The Kier molecular flexibility index (Phi) is 5.63. The molecule has 1 aliphatic heterocycles. The maximum Gasteiger partial charge on any atom is 0.255 e. The van der Waals surface area contributed by atoms with Crippen LogP contribution >= 0.6 is 23.2 Å². The monoisotopic (exact) mass is 396 g/mol. The molecule has 1 saturated carbocycles. The van der Waals surface area contributed by atoms with Crippen LogP contribution in [0.2, 0.25) is 10.0 Å². The van der Waals surface area contributed by atoms with Gasteiger partial charge in [0, 0.05) is 13.1 Å². The highest BCUT2D eigenvalue weighted by Gasteiger charge is 2.57. The quantitative estimate of drug-likeness (QED) is 0.683. The summed E-state index contributed by atoms with van der Waals surface area (Å²) in [6.07, 6.45) is 4.71. The fourth-order valence-corrected chi connectivity index (χ4v) is 4.51. The van der Waals surface area contributed by atoms with Crippen LogP contribution in [0.25, 0.3) is 0 Å². The summed E-state index contributed by atoms with van der Waals surface area (Å²) < 4.78 is 0. The van der Waals surface area contributed by atoms with Crippen molar-refractivity contribution in [2.45, 2.75) is 52.5 Å².